The fourth-order valence-corrected chi connectivity index (χ4v) is 5.21. The Bertz CT molecular complexity index is 1310. The van der Waals surface area contributed by atoms with Gasteiger partial charge in [0.15, 0.2) is 0 Å². The summed E-state index contributed by atoms with van der Waals surface area (Å²) >= 11 is 3.43. The fraction of sp³-hybridized carbons (Fsp3) is 0.308. The van der Waals surface area contributed by atoms with E-state index in [0.29, 0.717) is 5.92 Å². The zero-order valence-corrected chi connectivity index (χ0v) is 20.0. The Balaban J connectivity index is 1.82. The van der Waals surface area contributed by atoms with Crippen molar-refractivity contribution < 1.29 is 4.74 Å². The van der Waals surface area contributed by atoms with Crippen LogP contribution >= 0.6 is 15.9 Å². The summed E-state index contributed by atoms with van der Waals surface area (Å²) < 4.78 is 10.9. The summed E-state index contributed by atoms with van der Waals surface area (Å²) in [7, 11) is 1.98. The smallest absolute Gasteiger partial charge is 0.0922 e. The molecule has 164 valence electrons. The van der Waals surface area contributed by atoms with E-state index in [-0.39, 0.29) is 6.04 Å². The zero-order valence-electron chi connectivity index (χ0n) is 18.5. The first-order chi connectivity index (χ1) is 15.6. The molecule has 5 rings (SSSR count). The molecule has 0 bridgehead atoms. The second-order valence-corrected chi connectivity index (χ2v) is 9.49. The topological polar surface area (TPSA) is 44.3 Å². The van der Waals surface area contributed by atoms with Crippen LogP contribution in [0.2, 0.25) is 0 Å². The fourth-order valence-electron chi connectivity index (χ4n) is 5.11. The Morgan fingerprint density at radius 3 is 2.62 bits per heavy atom. The highest BCUT2D eigenvalue weighted by atomic mass is 79.9. The molecule has 0 N–H and O–H groups in total. The third kappa shape index (κ3) is 3.61. The lowest BCUT2D eigenvalue weighted by Gasteiger charge is -2.33. The maximum Gasteiger partial charge on any atom is 0.0922 e. The number of halogens is 1. The van der Waals surface area contributed by atoms with Gasteiger partial charge in [-0.15, -0.1) is 0 Å². The van der Waals surface area contributed by atoms with Crippen LogP contribution in [0.5, 0.6) is 0 Å². The highest BCUT2D eigenvalue weighted by molar-refractivity contribution is 9.12. The van der Waals surface area contributed by atoms with Crippen LogP contribution in [0.1, 0.15) is 30.1 Å². The Morgan fingerprint density at radius 1 is 1.19 bits per heavy atom. The maximum absolute atomic E-state index is 5.71. The number of hydrogen-bond donors (Lipinski definition) is 0. The van der Waals surface area contributed by atoms with Crippen LogP contribution in [0.3, 0.4) is 0 Å². The van der Waals surface area contributed by atoms with E-state index < -0.39 is 0 Å². The third-order valence-corrected chi connectivity index (χ3v) is 6.78. The molecule has 0 amide bonds. The molecule has 0 aliphatic carbocycles. The lowest BCUT2D eigenvalue weighted by atomic mass is 9.86. The Labute approximate surface area is 196 Å². The van der Waals surface area contributed by atoms with Gasteiger partial charge in [-0.3, -0.25) is 9.67 Å². The van der Waals surface area contributed by atoms with Gasteiger partial charge < -0.3 is 9.30 Å². The second-order valence-electron chi connectivity index (χ2n) is 8.48. The molecule has 32 heavy (non-hydrogen) atoms. The van der Waals surface area contributed by atoms with E-state index in [9.17, 15) is 0 Å². The van der Waals surface area contributed by atoms with Crippen molar-refractivity contribution in [3.63, 3.8) is 0 Å². The minimum Gasteiger partial charge on any atom is -0.381 e. The summed E-state index contributed by atoms with van der Waals surface area (Å²) in [6.07, 6.45) is 5.83. The van der Waals surface area contributed by atoms with Crippen LogP contribution in [0.15, 0.2) is 64.7 Å². The Morgan fingerprint density at radius 2 is 1.91 bits per heavy atom. The predicted molar refractivity (Wildman–Crippen MR) is 135 cm³/mol. The summed E-state index contributed by atoms with van der Waals surface area (Å²) in [6, 6.07) is 15.5. The molecule has 6 heteroatoms. The van der Waals surface area contributed by atoms with E-state index in [1.807, 2.05) is 17.9 Å². The number of benzene rings is 2. The summed E-state index contributed by atoms with van der Waals surface area (Å²) in [6.45, 7) is 7.75. The number of allylic oxidation sites excluding steroid dienone is 1. The maximum atomic E-state index is 5.71. The number of nitrogens with zero attached hydrogens (tertiary/aromatic N) is 4. The first-order valence-corrected chi connectivity index (χ1v) is 11.8. The quantitative estimate of drug-likeness (QED) is 0.301. The molecule has 1 saturated heterocycles. The minimum atomic E-state index is 0.216. The highest BCUT2D eigenvalue weighted by Gasteiger charge is 2.31. The first kappa shape index (κ1) is 21.2. The molecule has 2 aromatic heterocycles. The molecule has 1 fully saturated rings. The van der Waals surface area contributed by atoms with Crippen LogP contribution < -0.4 is 0 Å². The largest absolute Gasteiger partial charge is 0.381 e. The van der Waals surface area contributed by atoms with Crippen molar-refractivity contribution in [3.05, 3.63) is 71.0 Å². The molecule has 1 aliphatic rings. The number of aryl methyl sites for hydroxylation is 1. The van der Waals surface area contributed by atoms with E-state index >= 15 is 0 Å². The van der Waals surface area contributed by atoms with Crippen LogP contribution in [0, 0.1) is 12.8 Å². The molecular weight excluding hydrogens is 464 g/mol. The van der Waals surface area contributed by atoms with Gasteiger partial charge in [0.2, 0.25) is 0 Å². The molecule has 0 spiro atoms. The van der Waals surface area contributed by atoms with Crippen molar-refractivity contribution in [1.29, 1.82) is 0 Å². The molecule has 2 aromatic carbocycles. The number of aliphatic imine (C=N–C) groups is 1. The lowest BCUT2D eigenvalue weighted by molar-refractivity contribution is 0.0546. The van der Waals surface area contributed by atoms with Crippen LogP contribution in [0.4, 0.5) is 5.69 Å². The molecule has 0 unspecified atom stereocenters. The number of aromatic nitrogens is 3. The summed E-state index contributed by atoms with van der Waals surface area (Å²) in [5.74, 6) is 0.494. The van der Waals surface area contributed by atoms with Crippen molar-refractivity contribution in [3.8, 4) is 0 Å². The number of fused-ring (bicyclic) bond motifs is 3. The molecule has 0 radical (unpaired) electrons. The Kier molecular flexibility index (Phi) is 5.74. The predicted octanol–water partition coefficient (Wildman–Crippen LogP) is 6.46. The van der Waals surface area contributed by atoms with Crippen molar-refractivity contribution >= 4 is 49.6 Å². The molecule has 0 saturated carbocycles. The van der Waals surface area contributed by atoms with Crippen LogP contribution in [-0.4, -0.2) is 33.8 Å². The SMILES string of the molecule is C=C(Br)/C=N\c1c(C)n([C@H](c2ccccc2)C2CCOCC2)c2ccc3c(cnn3C)c12. The van der Waals surface area contributed by atoms with E-state index in [1.165, 1.54) is 11.1 Å². The lowest BCUT2D eigenvalue weighted by Crippen LogP contribution is -2.27. The van der Waals surface area contributed by atoms with Gasteiger partial charge in [0.25, 0.3) is 0 Å². The van der Waals surface area contributed by atoms with E-state index in [4.69, 9.17) is 9.73 Å². The standard InChI is InChI=1S/C26H27BrN4O/c1-17(27)15-28-25-18(2)31(23-10-9-22-21(24(23)25)16-29-30(22)3)26(19-7-5-4-6-8-19)20-11-13-32-14-12-20/h4-10,15-16,20,26H,1,11-14H2,2-3H3/b28-15-/t26-/m1/s1. The van der Waals surface area contributed by atoms with Gasteiger partial charge in [-0.1, -0.05) is 36.9 Å². The van der Waals surface area contributed by atoms with Gasteiger partial charge in [0, 0.05) is 47.4 Å². The third-order valence-electron chi connectivity index (χ3n) is 6.58. The first-order valence-electron chi connectivity index (χ1n) is 11.0. The molecule has 1 aliphatic heterocycles. The monoisotopic (exact) mass is 490 g/mol. The Hall–Kier alpha value is -2.70. The van der Waals surface area contributed by atoms with Gasteiger partial charge in [-0.25, -0.2) is 0 Å². The molecular formula is C26H27BrN4O. The zero-order chi connectivity index (χ0) is 22.2. The summed E-state index contributed by atoms with van der Waals surface area (Å²) in [4.78, 5) is 4.88. The van der Waals surface area contributed by atoms with Gasteiger partial charge in [-0.2, -0.15) is 5.10 Å². The van der Waals surface area contributed by atoms with Crippen molar-refractivity contribution in [1.82, 2.24) is 14.3 Å². The van der Waals surface area contributed by atoms with Gasteiger partial charge >= 0.3 is 0 Å². The van der Waals surface area contributed by atoms with Crippen LogP contribution in [0.25, 0.3) is 21.8 Å². The van der Waals surface area contributed by atoms with Crippen molar-refractivity contribution in [2.75, 3.05) is 13.2 Å². The number of hydrogen-bond acceptors (Lipinski definition) is 3. The van der Waals surface area contributed by atoms with Crippen molar-refractivity contribution in [2.45, 2.75) is 25.8 Å². The molecule has 5 nitrogen and oxygen atoms in total. The number of rotatable bonds is 5. The molecule has 4 aromatic rings. The van der Waals surface area contributed by atoms with Gasteiger partial charge in [-0.05, 0) is 59.3 Å². The van der Waals surface area contributed by atoms with E-state index in [0.717, 1.165) is 58.2 Å². The van der Waals surface area contributed by atoms with Crippen molar-refractivity contribution in [2.24, 2.45) is 18.0 Å². The van der Waals surface area contributed by atoms with Crippen LogP contribution in [-0.2, 0) is 11.8 Å². The molecule has 3 heterocycles. The summed E-state index contributed by atoms with van der Waals surface area (Å²) in [5, 5.41) is 6.79. The van der Waals surface area contributed by atoms with Gasteiger partial charge in [0.1, 0.15) is 0 Å². The average Bonchev–Trinajstić information content (AvgIpc) is 3.32. The van der Waals surface area contributed by atoms with E-state index in [2.05, 4.69) is 81.6 Å². The van der Waals surface area contributed by atoms with E-state index in [1.54, 1.807) is 6.21 Å². The minimum absolute atomic E-state index is 0.216. The van der Waals surface area contributed by atoms with Gasteiger partial charge in [0.05, 0.1) is 29.0 Å². The average molecular weight is 491 g/mol. The molecule has 1 atom stereocenters. The summed E-state index contributed by atoms with van der Waals surface area (Å²) in [5.41, 5.74) is 5.75. The number of ether oxygens (including phenoxy) is 1. The highest BCUT2D eigenvalue weighted by Crippen LogP contribution is 2.44. The second kappa shape index (κ2) is 8.68. The normalized spacial score (nSPS) is 16.3.